The van der Waals surface area contributed by atoms with Crippen LogP contribution in [0.1, 0.15) is 18.7 Å². The van der Waals surface area contributed by atoms with Gasteiger partial charge in [-0.05, 0) is 38.1 Å². The van der Waals surface area contributed by atoms with E-state index in [0.29, 0.717) is 5.13 Å². The van der Waals surface area contributed by atoms with Crippen LogP contribution in [-0.2, 0) is 4.79 Å². The molecule has 2 rings (SSSR count). The Labute approximate surface area is 127 Å². The highest BCUT2D eigenvalue weighted by Gasteiger charge is 2.19. The van der Waals surface area contributed by atoms with Crippen molar-refractivity contribution < 1.29 is 9.18 Å². The van der Waals surface area contributed by atoms with E-state index < -0.39 is 0 Å². The van der Waals surface area contributed by atoms with E-state index in [1.165, 1.54) is 23.5 Å². The molecule has 0 saturated heterocycles. The van der Waals surface area contributed by atoms with Crippen molar-refractivity contribution in [2.24, 2.45) is 11.7 Å². The number of nitrogens with two attached hydrogens (primary N) is 1. The number of anilines is 1. The molecule has 0 fully saturated rings. The number of aromatic nitrogens is 1. The molecule has 112 valence electrons. The minimum Gasteiger partial charge on any atom is -0.327 e. The highest BCUT2D eigenvalue weighted by molar-refractivity contribution is 7.16. The Morgan fingerprint density at radius 2 is 1.95 bits per heavy atom. The maximum atomic E-state index is 13.0. The summed E-state index contributed by atoms with van der Waals surface area (Å²) in [6.45, 7) is 5.49. The second kappa shape index (κ2) is 6.32. The van der Waals surface area contributed by atoms with E-state index in [2.05, 4.69) is 10.3 Å². The molecule has 21 heavy (non-hydrogen) atoms. The lowest BCUT2D eigenvalue weighted by Crippen LogP contribution is -2.34. The Morgan fingerprint density at radius 1 is 1.33 bits per heavy atom. The van der Waals surface area contributed by atoms with Crippen LogP contribution in [0.3, 0.4) is 0 Å². The summed E-state index contributed by atoms with van der Waals surface area (Å²) in [4.78, 5) is 17.4. The second-order valence-corrected chi connectivity index (χ2v) is 6.27. The molecule has 0 aliphatic carbocycles. The lowest BCUT2D eigenvalue weighted by Gasteiger charge is -2.13. The normalized spacial score (nSPS) is 13.8. The Balaban J connectivity index is 2.20. The molecule has 1 heterocycles. The Kier molecular flexibility index (Phi) is 4.69. The first-order chi connectivity index (χ1) is 9.88. The second-order valence-electron chi connectivity index (χ2n) is 5.07. The number of rotatable bonds is 4. The molecule has 0 radical (unpaired) electrons. The predicted octanol–water partition coefficient (Wildman–Crippen LogP) is 3.18. The molecular formula is C15H18FN3OS. The Morgan fingerprint density at radius 3 is 2.52 bits per heavy atom. The van der Waals surface area contributed by atoms with E-state index in [1.54, 1.807) is 26.0 Å². The SMILES string of the molecule is Cc1sc(NC(=O)C(C)C(C)N)nc1-c1ccc(F)cc1. The number of nitrogens with zero attached hydrogens (tertiary/aromatic N) is 1. The zero-order valence-electron chi connectivity index (χ0n) is 12.2. The number of benzene rings is 1. The average molecular weight is 307 g/mol. The van der Waals surface area contributed by atoms with E-state index in [-0.39, 0.29) is 23.7 Å². The van der Waals surface area contributed by atoms with Crippen molar-refractivity contribution in [1.29, 1.82) is 0 Å². The molecule has 6 heteroatoms. The molecule has 1 amide bonds. The average Bonchev–Trinajstić information content (AvgIpc) is 2.79. The number of carbonyl (C=O) groups excluding carboxylic acids is 1. The van der Waals surface area contributed by atoms with Crippen LogP contribution >= 0.6 is 11.3 Å². The highest BCUT2D eigenvalue weighted by atomic mass is 32.1. The van der Waals surface area contributed by atoms with Crippen LogP contribution in [-0.4, -0.2) is 16.9 Å². The lowest BCUT2D eigenvalue weighted by molar-refractivity contribution is -0.119. The van der Waals surface area contributed by atoms with E-state index in [0.717, 1.165) is 16.1 Å². The maximum Gasteiger partial charge on any atom is 0.230 e. The Bertz CT molecular complexity index is 637. The quantitative estimate of drug-likeness (QED) is 0.911. The van der Waals surface area contributed by atoms with Crippen LogP contribution in [0.5, 0.6) is 0 Å². The molecule has 4 nitrogen and oxygen atoms in total. The summed E-state index contributed by atoms with van der Waals surface area (Å²) in [5.41, 5.74) is 7.30. The Hall–Kier alpha value is -1.79. The van der Waals surface area contributed by atoms with Gasteiger partial charge in [0.1, 0.15) is 5.82 Å². The molecule has 1 aromatic heterocycles. The molecule has 2 aromatic rings. The standard InChI is InChI=1S/C15H18FN3OS/c1-8(9(2)17)14(20)19-15-18-13(10(3)21-15)11-4-6-12(16)7-5-11/h4-9H,17H2,1-3H3,(H,18,19,20). The van der Waals surface area contributed by atoms with E-state index in [4.69, 9.17) is 5.73 Å². The summed E-state index contributed by atoms with van der Waals surface area (Å²) < 4.78 is 13.0. The van der Waals surface area contributed by atoms with Gasteiger partial charge in [0.15, 0.2) is 5.13 Å². The van der Waals surface area contributed by atoms with Crippen LogP contribution < -0.4 is 11.1 Å². The van der Waals surface area contributed by atoms with Gasteiger partial charge in [-0.25, -0.2) is 9.37 Å². The first-order valence-electron chi connectivity index (χ1n) is 6.68. The summed E-state index contributed by atoms with van der Waals surface area (Å²) in [7, 11) is 0. The fraction of sp³-hybridized carbons (Fsp3) is 0.333. The molecule has 2 atom stereocenters. The minimum atomic E-state index is -0.288. The van der Waals surface area contributed by atoms with Crippen molar-refractivity contribution in [3.63, 3.8) is 0 Å². The number of aryl methyl sites for hydroxylation is 1. The smallest absolute Gasteiger partial charge is 0.230 e. The molecule has 0 saturated carbocycles. The molecular weight excluding hydrogens is 289 g/mol. The first kappa shape index (κ1) is 15.6. The van der Waals surface area contributed by atoms with Gasteiger partial charge in [-0.3, -0.25) is 4.79 Å². The minimum absolute atomic E-state index is 0.149. The fourth-order valence-corrected chi connectivity index (χ4v) is 2.62. The van der Waals surface area contributed by atoms with Gasteiger partial charge in [0.2, 0.25) is 5.91 Å². The number of nitrogens with one attached hydrogen (secondary N) is 1. The van der Waals surface area contributed by atoms with Gasteiger partial charge in [-0.1, -0.05) is 6.92 Å². The number of hydrogen-bond acceptors (Lipinski definition) is 4. The largest absolute Gasteiger partial charge is 0.327 e. The monoisotopic (exact) mass is 307 g/mol. The highest BCUT2D eigenvalue weighted by Crippen LogP contribution is 2.30. The van der Waals surface area contributed by atoms with Gasteiger partial charge in [0.05, 0.1) is 11.6 Å². The van der Waals surface area contributed by atoms with Crippen molar-refractivity contribution in [3.05, 3.63) is 35.0 Å². The summed E-state index contributed by atoms with van der Waals surface area (Å²) >= 11 is 1.39. The molecule has 0 bridgehead atoms. The zero-order chi connectivity index (χ0) is 15.6. The van der Waals surface area contributed by atoms with Crippen LogP contribution in [0.15, 0.2) is 24.3 Å². The third-order valence-corrected chi connectivity index (χ3v) is 4.23. The van der Waals surface area contributed by atoms with Crippen molar-refractivity contribution in [2.45, 2.75) is 26.8 Å². The molecule has 0 aliphatic heterocycles. The number of amides is 1. The van der Waals surface area contributed by atoms with Gasteiger partial charge in [-0.15, -0.1) is 11.3 Å². The third-order valence-electron chi connectivity index (χ3n) is 3.35. The molecule has 0 spiro atoms. The molecule has 3 N–H and O–H groups in total. The first-order valence-corrected chi connectivity index (χ1v) is 7.50. The van der Waals surface area contributed by atoms with Gasteiger partial charge in [0.25, 0.3) is 0 Å². The van der Waals surface area contributed by atoms with E-state index >= 15 is 0 Å². The van der Waals surface area contributed by atoms with Crippen LogP contribution in [0, 0.1) is 18.7 Å². The summed E-state index contributed by atoms with van der Waals surface area (Å²) in [5.74, 6) is -0.723. The zero-order valence-corrected chi connectivity index (χ0v) is 13.0. The number of hydrogen-bond donors (Lipinski definition) is 2. The van der Waals surface area contributed by atoms with Crippen molar-refractivity contribution in [1.82, 2.24) is 4.98 Å². The summed E-state index contributed by atoms with van der Waals surface area (Å²) in [5, 5.41) is 3.31. The predicted molar refractivity (Wildman–Crippen MR) is 83.7 cm³/mol. The van der Waals surface area contributed by atoms with Crippen LogP contribution in [0.2, 0.25) is 0 Å². The summed E-state index contributed by atoms with van der Waals surface area (Å²) in [6.07, 6.45) is 0. The fourth-order valence-electron chi connectivity index (χ4n) is 1.78. The van der Waals surface area contributed by atoms with Crippen molar-refractivity contribution >= 4 is 22.4 Å². The summed E-state index contributed by atoms with van der Waals surface area (Å²) in [6, 6.07) is 5.92. The third kappa shape index (κ3) is 3.65. The number of thiazole rings is 1. The van der Waals surface area contributed by atoms with Crippen LogP contribution in [0.4, 0.5) is 9.52 Å². The molecule has 0 aliphatic rings. The van der Waals surface area contributed by atoms with Gasteiger partial charge < -0.3 is 11.1 Å². The maximum absolute atomic E-state index is 13.0. The van der Waals surface area contributed by atoms with Gasteiger partial charge in [0, 0.05) is 16.5 Å². The lowest BCUT2D eigenvalue weighted by atomic mass is 10.0. The van der Waals surface area contributed by atoms with Crippen molar-refractivity contribution in [2.75, 3.05) is 5.32 Å². The number of carbonyl (C=O) groups is 1. The van der Waals surface area contributed by atoms with E-state index in [9.17, 15) is 9.18 Å². The topological polar surface area (TPSA) is 68.0 Å². The van der Waals surface area contributed by atoms with Crippen molar-refractivity contribution in [3.8, 4) is 11.3 Å². The molecule has 2 unspecified atom stereocenters. The number of halogens is 1. The van der Waals surface area contributed by atoms with Gasteiger partial charge >= 0.3 is 0 Å². The van der Waals surface area contributed by atoms with E-state index in [1.807, 2.05) is 6.92 Å². The molecule has 1 aromatic carbocycles. The van der Waals surface area contributed by atoms with Crippen LogP contribution in [0.25, 0.3) is 11.3 Å². The van der Waals surface area contributed by atoms with Gasteiger partial charge in [-0.2, -0.15) is 0 Å².